The van der Waals surface area contributed by atoms with E-state index in [1.807, 2.05) is 20.8 Å². The van der Waals surface area contributed by atoms with Crippen molar-refractivity contribution in [3.63, 3.8) is 0 Å². The van der Waals surface area contributed by atoms with E-state index in [0.717, 1.165) is 9.80 Å². The zero-order valence-corrected chi connectivity index (χ0v) is 65.4. The minimum absolute atomic E-state index is 0.0479. The second-order valence-electron chi connectivity index (χ2n) is 32.0. The van der Waals surface area contributed by atoms with Gasteiger partial charge in [0.05, 0.1) is 51.1 Å². The molecular formula is C75H119ClF6N12O13. The highest BCUT2D eigenvalue weighted by atomic mass is 35.5. The molecular weight excluding hydrogens is 1430 g/mol. The molecule has 7 rings (SSSR count). The lowest BCUT2D eigenvalue weighted by atomic mass is 9.78. The number of carbonyl (C=O) groups is 12. The summed E-state index contributed by atoms with van der Waals surface area (Å²) in [6.07, 6.45) is -5.67. The highest BCUT2D eigenvalue weighted by Crippen LogP contribution is 2.45. The van der Waals surface area contributed by atoms with Crippen LogP contribution in [-0.2, 0) is 62.3 Å². The highest BCUT2D eigenvalue weighted by molar-refractivity contribution is 6.21. The standard InChI is InChI=1S/C75H119ClF6N12O13/c1-12-32-92-44-60(96)85-73(30-17-18-31-73)72(106)90(11)64(50-19-15-16-20-50)71(105)89(10)57(69(103)91-35-37-107-38-36-91)42-61(97)88(9)56(39-46(4)5)65(99)84-63(47(6)14-3)70(104)94-34-29-55(94)67(101)87(8)45-62(98)93(33-13-2)58(41-49-21-25-51(26-22-49)74(77,78)79)68(102)86(7)43-59(95)83-54(66(92)100)28-24-48-23-27-52(53(76)40-48)75(80,81)82/h46-58,63-64H,12-45H2,1-11H3,(H,83,95)(H,84,99)(H,85,96)/t47-,48?,49?,51?,52?,53?,54-,55?,56-,57-,58-,63-,64-/m0/s1. The van der Waals surface area contributed by atoms with E-state index in [4.69, 9.17) is 16.3 Å². The predicted molar refractivity (Wildman–Crippen MR) is 386 cm³/mol. The lowest BCUT2D eigenvalue weighted by molar-refractivity contribution is -0.184. The molecule has 7 aliphatic rings. The minimum atomic E-state index is -4.56. The number of nitrogens with one attached hydrogen (secondary N) is 3. The predicted octanol–water partition coefficient (Wildman–Crippen LogP) is 6.90. The summed E-state index contributed by atoms with van der Waals surface area (Å²) in [6.45, 7) is 9.24. The number of amides is 12. The molecule has 0 aromatic rings. The molecule has 606 valence electrons. The summed E-state index contributed by atoms with van der Waals surface area (Å²) in [5.74, 6) is -14.0. The summed E-state index contributed by atoms with van der Waals surface area (Å²) in [5, 5.41) is 7.37. The minimum Gasteiger partial charge on any atom is -0.378 e. The van der Waals surface area contributed by atoms with Crippen LogP contribution in [0, 0.1) is 41.4 Å². The molecule has 3 heterocycles. The van der Waals surface area contributed by atoms with Gasteiger partial charge in [0.2, 0.25) is 70.9 Å². The number of fused-ring (bicyclic) bond motifs is 1. The van der Waals surface area contributed by atoms with E-state index in [-0.39, 0.29) is 155 Å². The van der Waals surface area contributed by atoms with Gasteiger partial charge in [-0.3, -0.25) is 57.5 Å². The maximum absolute atomic E-state index is 15.7. The molecule has 4 aliphatic carbocycles. The number of likely N-dealkylation sites (N-methyl/N-ethyl adjacent to an activating group) is 5. The van der Waals surface area contributed by atoms with Gasteiger partial charge in [0.25, 0.3) is 0 Å². The molecule has 0 aromatic carbocycles. The van der Waals surface area contributed by atoms with Crippen molar-refractivity contribution in [2.24, 2.45) is 41.4 Å². The lowest BCUT2D eigenvalue weighted by Crippen LogP contribution is -2.65. The van der Waals surface area contributed by atoms with E-state index in [1.165, 1.54) is 69.5 Å². The first-order valence-electron chi connectivity index (χ1n) is 39.1. The first-order chi connectivity index (χ1) is 50.4. The smallest absolute Gasteiger partial charge is 0.378 e. The Morgan fingerprint density at radius 3 is 1.79 bits per heavy atom. The van der Waals surface area contributed by atoms with E-state index >= 15 is 33.6 Å². The molecule has 3 aliphatic heterocycles. The van der Waals surface area contributed by atoms with E-state index in [2.05, 4.69) is 16.0 Å². The summed E-state index contributed by atoms with van der Waals surface area (Å²) in [4.78, 5) is 192. The topological polar surface area (TPSA) is 279 Å². The van der Waals surface area contributed by atoms with Crippen LogP contribution in [0.5, 0.6) is 0 Å². The Morgan fingerprint density at radius 2 is 1.23 bits per heavy atom. The highest BCUT2D eigenvalue weighted by Gasteiger charge is 2.52. The van der Waals surface area contributed by atoms with Gasteiger partial charge in [-0.2, -0.15) is 26.3 Å². The summed E-state index contributed by atoms with van der Waals surface area (Å²) >= 11 is 6.40. The van der Waals surface area contributed by atoms with Crippen LogP contribution in [0.3, 0.4) is 0 Å². The van der Waals surface area contributed by atoms with Gasteiger partial charge in [-0.1, -0.05) is 73.6 Å². The maximum atomic E-state index is 15.7. The number of alkyl halides is 7. The van der Waals surface area contributed by atoms with Crippen molar-refractivity contribution in [1.29, 1.82) is 0 Å². The van der Waals surface area contributed by atoms with Crippen LogP contribution < -0.4 is 16.0 Å². The SMILES string of the molecule is CCCN1CC(=O)NC2(CCCC2)C(=O)N(C)[C@@H](C2CCCC2)C(=O)N(C)[C@H](C(=O)N2CCOCC2)CC(=O)N(C)[C@@H](CC(C)C)C(=O)N[C@@H]([C@@H](C)CC)C(=O)N2CCC2C(=O)N(C)CC(=O)N(CCC)[C@@H](CC2CCC(C(F)(F)F)CC2)C(=O)N(C)CC(=O)N[C@@H](CCC2CCC(C(F)(F)F)C(Cl)C2)C1=O. The molecule has 107 heavy (non-hydrogen) atoms. The van der Waals surface area contributed by atoms with Crippen molar-refractivity contribution in [3.8, 4) is 0 Å². The number of carbonyl (C=O) groups excluding carboxylic acids is 12. The number of morpholine rings is 1. The van der Waals surface area contributed by atoms with Crippen molar-refractivity contribution >= 4 is 82.5 Å². The Bertz CT molecular complexity index is 3110. The Kier molecular flexibility index (Phi) is 31.9. The van der Waals surface area contributed by atoms with Crippen LogP contribution in [0.15, 0.2) is 0 Å². The maximum Gasteiger partial charge on any atom is 0.393 e. The molecule has 0 bridgehead atoms. The molecule has 3 N–H and O–H groups in total. The molecule has 4 saturated carbocycles. The molecule has 0 aromatic heterocycles. The molecule has 1 spiro atoms. The third-order valence-corrected chi connectivity index (χ3v) is 24.3. The van der Waals surface area contributed by atoms with Gasteiger partial charge in [0.15, 0.2) is 0 Å². The van der Waals surface area contributed by atoms with Gasteiger partial charge >= 0.3 is 12.4 Å². The summed E-state index contributed by atoms with van der Waals surface area (Å²) in [5.41, 5.74) is -1.62. The largest absolute Gasteiger partial charge is 0.393 e. The Hall–Kier alpha value is -6.53. The number of ether oxygens (including phenoxy) is 1. The fourth-order valence-electron chi connectivity index (χ4n) is 17.2. The van der Waals surface area contributed by atoms with Crippen LogP contribution in [0.4, 0.5) is 26.3 Å². The van der Waals surface area contributed by atoms with Crippen LogP contribution in [-0.4, -0.2) is 281 Å². The Balaban J connectivity index is 1.30. The van der Waals surface area contributed by atoms with Crippen LogP contribution in [0.1, 0.15) is 196 Å². The molecule has 0 radical (unpaired) electrons. The molecule has 4 unspecified atom stereocenters. The number of hydrogen-bond acceptors (Lipinski definition) is 13. The molecule has 32 heteroatoms. The Morgan fingerprint density at radius 1 is 0.617 bits per heavy atom. The summed E-state index contributed by atoms with van der Waals surface area (Å²) in [6, 6.07) is -9.16. The zero-order valence-electron chi connectivity index (χ0n) is 64.7. The van der Waals surface area contributed by atoms with Gasteiger partial charge in [0, 0.05) is 73.3 Å². The fraction of sp³-hybridized carbons (Fsp3) is 0.840. The van der Waals surface area contributed by atoms with Gasteiger partial charge in [-0.05, 0) is 145 Å². The monoisotopic (exact) mass is 1540 g/mol. The van der Waals surface area contributed by atoms with Crippen molar-refractivity contribution in [3.05, 3.63) is 0 Å². The summed E-state index contributed by atoms with van der Waals surface area (Å²) in [7, 11) is 6.92. The molecule has 7 fully saturated rings. The quantitative estimate of drug-likeness (QED) is 0.111. The van der Waals surface area contributed by atoms with E-state index < -0.39 is 198 Å². The molecule has 25 nitrogen and oxygen atoms in total. The zero-order chi connectivity index (χ0) is 79.2. The average molecular weight is 1550 g/mol. The van der Waals surface area contributed by atoms with E-state index in [1.54, 1.807) is 20.8 Å². The van der Waals surface area contributed by atoms with Crippen LogP contribution in [0.2, 0.25) is 0 Å². The third kappa shape index (κ3) is 22.4. The normalized spacial score (nSPS) is 30.1. The van der Waals surface area contributed by atoms with Crippen LogP contribution in [0.25, 0.3) is 0 Å². The first-order valence-corrected chi connectivity index (χ1v) is 39.5. The second kappa shape index (κ2) is 38.9. The number of nitrogens with zero attached hydrogens (tertiary/aromatic N) is 9. The Labute approximate surface area is 632 Å². The number of halogens is 7. The lowest BCUT2D eigenvalue weighted by Gasteiger charge is -2.44. The van der Waals surface area contributed by atoms with Crippen molar-refractivity contribution in [1.82, 2.24) is 60.0 Å². The van der Waals surface area contributed by atoms with Gasteiger partial charge in [-0.25, -0.2) is 0 Å². The van der Waals surface area contributed by atoms with Gasteiger partial charge in [0.1, 0.15) is 47.8 Å². The molecule has 12 amide bonds. The first kappa shape index (κ1) is 87.7. The van der Waals surface area contributed by atoms with Crippen molar-refractivity contribution < 1.29 is 88.6 Å². The van der Waals surface area contributed by atoms with Crippen LogP contribution >= 0.6 is 11.6 Å². The number of hydrogen-bond donors (Lipinski definition) is 3. The molecule has 3 saturated heterocycles. The van der Waals surface area contributed by atoms with E-state index in [0.29, 0.717) is 44.9 Å². The molecule has 11 atom stereocenters. The summed E-state index contributed by atoms with van der Waals surface area (Å²) < 4.78 is 90.0. The number of rotatable bonds is 15. The second-order valence-corrected chi connectivity index (χ2v) is 32.6. The van der Waals surface area contributed by atoms with Crippen molar-refractivity contribution in [2.45, 2.75) is 261 Å². The van der Waals surface area contributed by atoms with Gasteiger partial charge < -0.3 is 64.8 Å². The van der Waals surface area contributed by atoms with Crippen molar-refractivity contribution in [2.75, 3.05) is 101 Å². The van der Waals surface area contributed by atoms with E-state index in [9.17, 15) is 50.3 Å². The fourth-order valence-corrected chi connectivity index (χ4v) is 17.7. The average Bonchev–Trinajstić information content (AvgIpc) is 1.74. The van der Waals surface area contributed by atoms with Gasteiger partial charge in [-0.15, -0.1) is 11.6 Å². The third-order valence-electron chi connectivity index (χ3n) is 23.9.